The van der Waals surface area contributed by atoms with Crippen molar-refractivity contribution in [1.29, 1.82) is 0 Å². The third-order valence-electron chi connectivity index (χ3n) is 3.14. The molecule has 0 bridgehead atoms. The summed E-state index contributed by atoms with van der Waals surface area (Å²) < 4.78 is 0. The number of hydrazone groups is 1. The molecule has 0 aromatic heterocycles. The maximum Gasteiger partial charge on any atom is 0.250 e. The lowest BCUT2D eigenvalue weighted by Gasteiger charge is -2.05. The minimum Gasteiger partial charge on any atom is -0.272 e. The van der Waals surface area contributed by atoms with Gasteiger partial charge in [-0.05, 0) is 31.5 Å². The third kappa shape index (κ3) is 6.19. The molecule has 0 atom stereocenters. The van der Waals surface area contributed by atoms with Crippen molar-refractivity contribution in [2.24, 2.45) is 5.10 Å². The van der Waals surface area contributed by atoms with E-state index < -0.39 is 0 Å². The van der Waals surface area contributed by atoms with Gasteiger partial charge in [-0.1, -0.05) is 58.6 Å². The fraction of sp³-hybridized carbons (Fsp3) is 0.222. The molecule has 126 valence electrons. The maximum atomic E-state index is 11.8. The van der Waals surface area contributed by atoms with Crippen LogP contribution < -0.4 is 5.43 Å². The molecular formula is C18H18Cl2N2OS. The van der Waals surface area contributed by atoms with Gasteiger partial charge in [-0.3, -0.25) is 4.79 Å². The van der Waals surface area contributed by atoms with Crippen LogP contribution >= 0.6 is 35.0 Å². The highest BCUT2D eigenvalue weighted by Crippen LogP contribution is 2.19. The number of rotatable bonds is 6. The minimum absolute atomic E-state index is 0.147. The largest absolute Gasteiger partial charge is 0.272 e. The molecule has 2 aromatic rings. The molecule has 2 aromatic carbocycles. The van der Waals surface area contributed by atoms with Crippen LogP contribution in [0.15, 0.2) is 41.5 Å². The van der Waals surface area contributed by atoms with E-state index >= 15 is 0 Å². The SMILES string of the molecule is Cc1cc(C)cc(CSCC(=O)N/N=C\c2ccc(Cl)cc2Cl)c1. The smallest absolute Gasteiger partial charge is 0.250 e. The lowest BCUT2D eigenvalue weighted by molar-refractivity contribution is -0.118. The van der Waals surface area contributed by atoms with Gasteiger partial charge in [-0.25, -0.2) is 5.43 Å². The van der Waals surface area contributed by atoms with Gasteiger partial charge < -0.3 is 0 Å². The van der Waals surface area contributed by atoms with Crippen LogP contribution in [0.3, 0.4) is 0 Å². The van der Waals surface area contributed by atoms with Gasteiger partial charge in [0.1, 0.15) is 0 Å². The first-order chi connectivity index (χ1) is 11.4. The lowest BCUT2D eigenvalue weighted by Crippen LogP contribution is -2.19. The second-order valence-corrected chi connectivity index (χ2v) is 7.28. The molecule has 0 saturated heterocycles. The van der Waals surface area contributed by atoms with E-state index in [4.69, 9.17) is 23.2 Å². The van der Waals surface area contributed by atoms with Gasteiger partial charge in [-0.15, -0.1) is 11.8 Å². The molecule has 6 heteroatoms. The molecule has 0 heterocycles. The number of carbonyl (C=O) groups excluding carboxylic acids is 1. The molecule has 0 saturated carbocycles. The van der Waals surface area contributed by atoms with Gasteiger partial charge in [-0.2, -0.15) is 5.10 Å². The van der Waals surface area contributed by atoms with Crippen molar-refractivity contribution in [3.8, 4) is 0 Å². The fourth-order valence-corrected chi connectivity index (χ4v) is 3.44. The molecule has 1 N–H and O–H groups in total. The molecule has 0 unspecified atom stereocenters. The Morgan fingerprint density at radius 3 is 2.54 bits per heavy atom. The number of benzene rings is 2. The highest BCUT2D eigenvalue weighted by atomic mass is 35.5. The number of hydrogen-bond donors (Lipinski definition) is 1. The maximum absolute atomic E-state index is 11.8. The predicted octanol–water partition coefficient (Wildman–Crippen LogP) is 4.99. The quantitative estimate of drug-likeness (QED) is 0.566. The van der Waals surface area contributed by atoms with Crippen LogP contribution in [0.4, 0.5) is 0 Å². The van der Waals surface area contributed by atoms with Crippen LogP contribution in [0.5, 0.6) is 0 Å². The van der Waals surface area contributed by atoms with E-state index in [1.54, 1.807) is 30.0 Å². The van der Waals surface area contributed by atoms with Gasteiger partial charge in [0.05, 0.1) is 17.0 Å². The zero-order chi connectivity index (χ0) is 17.5. The van der Waals surface area contributed by atoms with Crippen molar-refractivity contribution in [2.45, 2.75) is 19.6 Å². The number of halogens is 2. The van der Waals surface area contributed by atoms with E-state index in [1.807, 2.05) is 0 Å². The van der Waals surface area contributed by atoms with Crippen LogP contribution in [-0.4, -0.2) is 17.9 Å². The lowest BCUT2D eigenvalue weighted by atomic mass is 10.1. The van der Waals surface area contributed by atoms with Crippen LogP contribution in [-0.2, 0) is 10.5 Å². The number of thioether (sulfide) groups is 1. The number of carbonyl (C=O) groups is 1. The first-order valence-electron chi connectivity index (χ1n) is 7.36. The fourth-order valence-electron chi connectivity index (χ4n) is 2.23. The predicted molar refractivity (Wildman–Crippen MR) is 104 cm³/mol. The average Bonchev–Trinajstić information content (AvgIpc) is 2.48. The molecule has 24 heavy (non-hydrogen) atoms. The Morgan fingerprint density at radius 1 is 1.17 bits per heavy atom. The summed E-state index contributed by atoms with van der Waals surface area (Å²) in [5, 5.41) is 4.97. The minimum atomic E-state index is -0.147. The third-order valence-corrected chi connectivity index (χ3v) is 4.70. The van der Waals surface area contributed by atoms with Crippen LogP contribution in [0.2, 0.25) is 10.0 Å². The monoisotopic (exact) mass is 380 g/mol. The Morgan fingerprint density at radius 2 is 1.88 bits per heavy atom. The summed E-state index contributed by atoms with van der Waals surface area (Å²) >= 11 is 13.4. The zero-order valence-corrected chi connectivity index (χ0v) is 15.8. The van der Waals surface area contributed by atoms with Crippen molar-refractivity contribution in [1.82, 2.24) is 5.43 Å². The van der Waals surface area contributed by atoms with Gasteiger partial charge in [0.25, 0.3) is 0 Å². The number of nitrogens with one attached hydrogen (secondary N) is 1. The Bertz CT molecular complexity index is 742. The standard InChI is InChI=1S/C18H18Cl2N2OS/c1-12-5-13(2)7-14(6-12)10-24-11-18(23)22-21-9-15-3-4-16(19)8-17(15)20/h3-9H,10-11H2,1-2H3,(H,22,23)/b21-9-. The summed E-state index contributed by atoms with van der Waals surface area (Å²) in [4.78, 5) is 11.8. The van der Waals surface area contributed by atoms with Gasteiger partial charge in [0.15, 0.2) is 0 Å². The van der Waals surface area contributed by atoms with Crippen molar-refractivity contribution in [2.75, 3.05) is 5.75 Å². The topological polar surface area (TPSA) is 41.5 Å². The number of aryl methyl sites for hydroxylation is 2. The van der Waals surface area contributed by atoms with Crippen molar-refractivity contribution >= 4 is 47.1 Å². The molecule has 0 aliphatic rings. The molecule has 0 radical (unpaired) electrons. The second kappa shape index (κ2) is 9.11. The first-order valence-corrected chi connectivity index (χ1v) is 9.27. The summed E-state index contributed by atoms with van der Waals surface area (Å²) in [6, 6.07) is 11.5. The number of amides is 1. The van der Waals surface area contributed by atoms with Crippen molar-refractivity contribution in [3.05, 3.63) is 68.7 Å². The Labute approximate surface area is 156 Å². The summed E-state index contributed by atoms with van der Waals surface area (Å²) in [5.74, 6) is 0.993. The van der Waals surface area contributed by atoms with Crippen molar-refractivity contribution < 1.29 is 4.79 Å². The van der Waals surface area contributed by atoms with E-state index in [9.17, 15) is 4.79 Å². The molecular weight excluding hydrogens is 363 g/mol. The van der Waals surface area contributed by atoms with E-state index in [1.165, 1.54) is 22.9 Å². The second-order valence-electron chi connectivity index (χ2n) is 5.45. The van der Waals surface area contributed by atoms with Crippen LogP contribution in [0.25, 0.3) is 0 Å². The van der Waals surface area contributed by atoms with E-state index in [0.29, 0.717) is 21.4 Å². The van der Waals surface area contributed by atoms with Crippen LogP contribution in [0, 0.1) is 13.8 Å². The summed E-state index contributed by atoms with van der Waals surface area (Å²) in [7, 11) is 0. The average molecular weight is 381 g/mol. The summed E-state index contributed by atoms with van der Waals surface area (Å²) in [5.41, 5.74) is 6.89. The van der Waals surface area contributed by atoms with Gasteiger partial charge in [0, 0.05) is 16.3 Å². The molecule has 0 spiro atoms. The van der Waals surface area contributed by atoms with E-state index in [0.717, 1.165) is 5.75 Å². The molecule has 0 aliphatic carbocycles. The molecule has 2 rings (SSSR count). The molecule has 3 nitrogen and oxygen atoms in total. The van der Waals surface area contributed by atoms with Crippen molar-refractivity contribution in [3.63, 3.8) is 0 Å². The number of hydrogen-bond acceptors (Lipinski definition) is 3. The number of nitrogens with zero attached hydrogens (tertiary/aromatic N) is 1. The normalized spacial score (nSPS) is 11.0. The Balaban J connectivity index is 1.78. The van der Waals surface area contributed by atoms with Crippen LogP contribution in [0.1, 0.15) is 22.3 Å². The Kier molecular flexibility index (Phi) is 7.16. The highest BCUT2D eigenvalue weighted by molar-refractivity contribution is 7.99. The summed E-state index contributed by atoms with van der Waals surface area (Å²) in [6.45, 7) is 4.15. The summed E-state index contributed by atoms with van der Waals surface area (Å²) in [6.07, 6.45) is 1.51. The molecule has 0 fully saturated rings. The van der Waals surface area contributed by atoms with Gasteiger partial charge in [0.2, 0.25) is 5.91 Å². The highest BCUT2D eigenvalue weighted by Gasteiger charge is 2.02. The van der Waals surface area contributed by atoms with Gasteiger partial charge >= 0.3 is 0 Å². The first kappa shape index (κ1) is 18.8. The molecule has 1 amide bonds. The Hall–Kier alpha value is -1.49. The molecule has 0 aliphatic heterocycles. The zero-order valence-electron chi connectivity index (χ0n) is 13.5. The van der Waals surface area contributed by atoms with E-state index in [-0.39, 0.29) is 5.91 Å². The van der Waals surface area contributed by atoms with E-state index in [2.05, 4.69) is 42.6 Å².